The van der Waals surface area contributed by atoms with Crippen molar-refractivity contribution in [1.29, 1.82) is 0 Å². The molecule has 1 aromatic heterocycles. The van der Waals surface area contributed by atoms with E-state index in [1.165, 1.54) is 5.56 Å². The van der Waals surface area contributed by atoms with E-state index in [-0.39, 0.29) is 5.91 Å². The molecule has 38 heavy (non-hydrogen) atoms. The Morgan fingerprint density at radius 3 is 2.50 bits per heavy atom. The SMILES string of the molecule is Cc1cc(C(=O)Nc2ccc(CN3CCOCC3)cc2)nn1Cc1cc(Cl)ccc1OCc1ccccc1. The molecule has 3 aromatic carbocycles. The lowest BCUT2D eigenvalue weighted by Gasteiger charge is -2.26. The minimum Gasteiger partial charge on any atom is -0.489 e. The topological polar surface area (TPSA) is 68.6 Å². The number of amides is 1. The van der Waals surface area contributed by atoms with Gasteiger partial charge >= 0.3 is 0 Å². The first-order valence-electron chi connectivity index (χ1n) is 12.7. The van der Waals surface area contributed by atoms with Crippen LogP contribution in [0.15, 0.2) is 78.9 Å². The average molecular weight is 531 g/mol. The zero-order valence-corrected chi connectivity index (χ0v) is 22.2. The summed E-state index contributed by atoms with van der Waals surface area (Å²) in [5, 5.41) is 8.15. The van der Waals surface area contributed by atoms with E-state index in [2.05, 4.69) is 15.3 Å². The highest BCUT2D eigenvalue weighted by molar-refractivity contribution is 6.30. The van der Waals surface area contributed by atoms with Gasteiger partial charge in [-0.1, -0.05) is 54.1 Å². The highest BCUT2D eigenvalue weighted by Gasteiger charge is 2.15. The van der Waals surface area contributed by atoms with Crippen LogP contribution >= 0.6 is 11.6 Å². The van der Waals surface area contributed by atoms with Crippen LogP contribution in [0.2, 0.25) is 5.02 Å². The van der Waals surface area contributed by atoms with E-state index in [9.17, 15) is 4.79 Å². The minimum absolute atomic E-state index is 0.251. The van der Waals surface area contributed by atoms with Gasteiger partial charge in [-0.3, -0.25) is 14.4 Å². The van der Waals surface area contributed by atoms with E-state index in [1.54, 1.807) is 10.7 Å². The summed E-state index contributed by atoms with van der Waals surface area (Å²) in [6, 6.07) is 25.3. The highest BCUT2D eigenvalue weighted by Crippen LogP contribution is 2.25. The van der Waals surface area contributed by atoms with Crippen molar-refractivity contribution in [2.75, 3.05) is 31.6 Å². The minimum atomic E-state index is -0.251. The maximum Gasteiger partial charge on any atom is 0.276 e. The molecular weight excluding hydrogens is 500 g/mol. The standard InChI is InChI=1S/C30H31ClN4O3/c1-22-17-28(30(36)32-27-10-7-23(8-11-27)19-34-13-15-37-16-14-34)33-35(22)20-25-18-26(31)9-12-29(25)38-21-24-5-3-2-4-6-24/h2-12,17-18H,13-16,19-21H2,1H3,(H,32,36). The molecule has 0 radical (unpaired) electrons. The Kier molecular flexibility index (Phi) is 8.38. The van der Waals surface area contributed by atoms with Gasteiger partial charge in [0.25, 0.3) is 5.91 Å². The highest BCUT2D eigenvalue weighted by atomic mass is 35.5. The second-order valence-electron chi connectivity index (χ2n) is 9.39. The van der Waals surface area contributed by atoms with Crippen molar-refractivity contribution in [3.05, 3.63) is 112 Å². The van der Waals surface area contributed by atoms with E-state index in [1.807, 2.05) is 79.7 Å². The smallest absolute Gasteiger partial charge is 0.276 e. The number of rotatable bonds is 9. The largest absolute Gasteiger partial charge is 0.489 e. The van der Waals surface area contributed by atoms with Crippen LogP contribution in [0, 0.1) is 6.92 Å². The Hall–Kier alpha value is -3.65. The summed E-state index contributed by atoms with van der Waals surface area (Å²) >= 11 is 6.29. The average Bonchev–Trinajstić information content (AvgIpc) is 3.30. The van der Waals surface area contributed by atoms with Crippen LogP contribution in [0.5, 0.6) is 5.75 Å². The zero-order chi connectivity index (χ0) is 26.3. The van der Waals surface area contributed by atoms with Gasteiger partial charge in [0.15, 0.2) is 5.69 Å². The molecule has 1 aliphatic rings. The van der Waals surface area contributed by atoms with Gasteiger partial charge in [-0.25, -0.2) is 0 Å². The summed E-state index contributed by atoms with van der Waals surface area (Å²) < 4.78 is 13.3. The third-order valence-electron chi connectivity index (χ3n) is 6.52. The van der Waals surface area contributed by atoms with Gasteiger partial charge < -0.3 is 14.8 Å². The molecule has 1 aliphatic heterocycles. The molecule has 8 heteroatoms. The number of morpholine rings is 1. The zero-order valence-electron chi connectivity index (χ0n) is 21.4. The number of hydrogen-bond acceptors (Lipinski definition) is 5. The fourth-order valence-electron chi connectivity index (χ4n) is 4.40. The molecule has 1 amide bonds. The van der Waals surface area contributed by atoms with Crippen molar-refractivity contribution >= 4 is 23.2 Å². The number of aromatic nitrogens is 2. The number of carbonyl (C=O) groups is 1. The molecule has 1 saturated heterocycles. The van der Waals surface area contributed by atoms with Crippen molar-refractivity contribution in [3.8, 4) is 5.75 Å². The van der Waals surface area contributed by atoms with Crippen molar-refractivity contribution in [2.45, 2.75) is 26.6 Å². The Bertz CT molecular complexity index is 1370. The van der Waals surface area contributed by atoms with Crippen LogP contribution < -0.4 is 10.1 Å². The van der Waals surface area contributed by atoms with Crippen LogP contribution in [0.4, 0.5) is 5.69 Å². The Balaban J connectivity index is 1.23. The summed E-state index contributed by atoms with van der Waals surface area (Å²) in [4.78, 5) is 15.3. The molecule has 1 fully saturated rings. The predicted molar refractivity (Wildman–Crippen MR) is 149 cm³/mol. The quantitative estimate of drug-likeness (QED) is 0.307. The number of benzene rings is 3. The van der Waals surface area contributed by atoms with Crippen LogP contribution in [0.25, 0.3) is 0 Å². The van der Waals surface area contributed by atoms with Gasteiger partial charge in [0.1, 0.15) is 12.4 Å². The molecule has 4 aromatic rings. The first-order chi connectivity index (χ1) is 18.5. The first kappa shape index (κ1) is 26.0. The summed E-state index contributed by atoms with van der Waals surface area (Å²) in [7, 11) is 0. The van der Waals surface area contributed by atoms with Crippen LogP contribution in [-0.4, -0.2) is 46.9 Å². The number of anilines is 1. The van der Waals surface area contributed by atoms with Gasteiger partial charge in [-0.05, 0) is 54.4 Å². The van der Waals surface area contributed by atoms with Crippen LogP contribution in [0.3, 0.4) is 0 Å². The third kappa shape index (κ3) is 6.81. The number of aryl methyl sites for hydroxylation is 1. The number of nitrogens with zero attached hydrogens (tertiary/aromatic N) is 3. The first-order valence-corrected chi connectivity index (χ1v) is 13.1. The molecule has 2 heterocycles. The summed E-state index contributed by atoms with van der Waals surface area (Å²) in [5.74, 6) is 0.482. The van der Waals surface area contributed by atoms with E-state index >= 15 is 0 Å². The molecule has 0 aliphatic carbocycles. The van der Waals surface area contributed by atoms with E-state index < -0.39 is 0 Å². The molecule has 7 nitrogen and oxygen atoms in total. The fourth-order valence-corrected chi connectivity index (χ4v) is 4.59. The molecule has 196 valence electrons. The van der Waals surface area contributed by atoms with Gasteiger partial charge in [0, 0.05) is 41.6 Å². The monoisotopic (exact) mass is 530 g/mol. The van der Waals surface area contributed by atoms with Crippen LogP contribution in [-0.2, 0) is 24.4 Å². The Morgan fingerprint density at radius 1 is 0.974 bits per heavy atom. The van der Waals surface area contributed by atoms with Gasteiger partial charge in [0.05, 0.1) is 19.8 Å². The number of nitrogens with one attached hydrogen (secondary N) is 1. The molecule has 0 spiro atoms. The lowest BCUT2D eigenvalue weighted by Crippen LogP contribution is -2.35. The maximum atomic E-state index is 13.0. The lowest BCUT2D eigenvalue weighted by atomic mass is 10.2. The molecule has 1 N–H and O–H groups in total. The van der Waals surface area contributed by atoms with Crippen molar-refractivity contribution < 1.29 is 14.3 Å². The number of halogens is 1. The second-order valence-corrected chi connectivity index (χ2v) is 9.83. The lowest BCUT2D eigenvalue weighted by molar-refractivity contribution is 0.0342. The van der Waals surface area contributed by atoms with Crippen molar-refractivity contribution in [1.82, 2.24) is 14.7 Å². The number of carbonyl (C=O) groups excluding carboxylic acids is 1. The van der Waals surface area contributed by atoms with Crippen molar-refractivity contribution in [2.24, 2.45) is 0 Å². The van der Waals surface area contributed by atoms with E-state index in [0.717, 1.165) is 61.1 Å². The second kappa shape index (κ2) is 12.3. The number of ether oxygens (including phenoxy) is 2. The van der Waals surface area contributed by atoms with Gasteiger partial charge in [0.2, 0.25) is 0 Å². The molecule has 0 saturated carbocycles. The molecule has 0 bridgehead atoms. The van der Waals surface area contributed by atoms with Gasteiger partial charge in [-0.2, -0.15) is 5.10 Å². The molecule has 0 unspecified atom stereocenters. The summed E-state index contributed by atoms with van der Waals surface area (Å²) in [6.07, 6.45) is 0. The maximum absolute atomic E-state index is 13.0. The summed E-state index contributed by atoms with van der Waals surface area (Å²) in [6.45, 7) is 7.12. The Labute approximate surface area is 227 Å². The van der Waals surface area contributed by atoms with Crippen molar-refractivity contribution in [3.63, 3.8) is 0 Å². The van der Waals surface area contributed by atoms with E-state index in [0.29, 0.717) is 23.9 Å². The van der Waals surface area contributed by atoms with E-state index in [4.69, 9.17) is 21.1 Å². The molecule has 5 rings (SSSR count). The Morgan fingerprint density at radius 2 is 1.74 bits per heavy atom. The molecule has 0 atom stereocenters. The third-order valence-corrected chi connectivity index (χ3v) is 6.75. The normalized spacial score (nSPS) is 13.8. The summed E-state index contributed by atoms with van der Waals surface area (Å²) in [5.41, 5.74) is 5.13. The van der Waals surface area contributed by atoms with Gasteiger partial charge in [-0.15, -0.1) is 0 Å². The van der Waals surface area contributed by atoms with Crippen LogP contribution in [0.1, 0.15) is 32.9 Å². The number of hydrogen-bond donors (Lipinski definition) is 1. The predicted octanol–water partition coefficient (Wildman–Crippen LogP) is 5.56. The molecular formula is C30H31ClN4O3. The fraction of sp³-hybridized carbons (Fsp3) is 0.267.